The van der Waals surface area contributed by atoms with Crippen LogP contribution >= 0.6 is 0 Å². The van der Waals surface area contributed by atoms with Crippen molar-refractivity contribution in [1.82, 2.24) is 0 Å². The summed E-state index contributed by atoms with van der Waals surface area (Å²) in [6.45, 7) is 4.51. The second kappa shape index (κ2) is 4.10. The number of hydrogen-bond acceptors (Lipinski definition) is 1. The molecule has 0 N–H and O–H groups in total. The van der Waals surface area contributed by atoms with Crippen LogP contribution in [0, 0.1) is 11.8 Å². The number of ether oxygens (including phenoxy) is 1. The topological polar surface area (TPSA) is 9.23 Å². The summed E-state index contributed by atoms with van der Waals surface area (Å²) in [5.41, 5.74) is 0. The van der Waals surface area contributed by atoms with E-state index >= 15 is 0 Å². The molecule has 66 valence electrons. The van der Waals surface area contributed by atoms with E-state index in [0.717, 1.165) is 11.8 Å². The van der Waals surface area contributed by atoms with Crippen LogP contribution in [-0.4, -0.2) is 13.2 Å². The molecule has 1 rings (SSSR count). The lowest BCUT2D eigenvalue weighted by Gasteiger charge is -2.24. The van der Waals surface area contributed by atoms with Crippen molar-refractivity contribution in [2.24, 2.45) is 11.8 Å². The molecule has 0 radical (unpaired) electrons. The summed E-state index contributed by atoms with van der Waals surface area (Å²) in [5, 5.41) is 0. The Kier molecular flexibility index (Phi) is 3.38. The highest BCUT2D eigenvalue weighted by Crippen LogP contribution is 2.33. The molecular formula is C10H20O. The van der Waals surface area contributed by atoms with Gasteiger partial charge < -0.3 is 4.74 Å². The molecule has 1 aliphatic rings. The molecule has 1 fully saturated rings. The van der Waals surface area contributed by atoms with E-state index in [0.29, 0.717) is 6.10 Å². The van der Waals surface area contributed by atoms with Gasteiger partial charge in [0.2, 0.25) is 0 Å². The van der Waals surface area contributed by atoms with E-state index in [9.17, 15) is 0 Å². The van der Waals surface area contributed by atoms with Gasteiger partial charge >= 0.3 is 0 Å². The third kappa shape index (κ3) is 2.19. The molecule has 0 aromatic carbocycles. The Balaban J connectivity index is 2.32. The number of rotatable bonds is 3. The summed E-state index contributed by atoms with van der Waals surface area (Å²) < 4.78 is 5.32. The smallest absolute Gasteiger partial charge is 0.0571 e. The van der Waals surface area contributed by atoms with Gasteiger partial charge in [0.25, 0.3) is 0 Å². The minimum atomic E-state index is 0.443. The van der Waals surface area contributed by atoms with Crippen LogP contribution in [0.2, 0.25) is 0 Å². The van der Waals surface area contributed by atoms with Crippen LogP contribution in [0.4, 0.5) is 0 Å². The predicted octanol–water partition coefficient (Wildman–Crippen LogP) is 2.85. The zero-order chi connectivity index (χ0) is 8.27. The van der Waals surface area contributed by atoms with Gasteiger partial charge in [-0.3, -0.25) is 0 Å². The lowest BCUT2D eigenvalue weighted by molar-refractivity contribution is 0.0497. The Bertz CT molecular complexity index is 105. The first-order chi connectivity index (χ1) is 5.25. The fourth-order valence-corrected chi connectivity index (χ4v) is 2.08. The van der Waals surface area contributed by atoms with Gasteiger partial charge in [0, 0.05) is 7.11 Å². The standard InChI is InChI=1S/C10H20O/c1-8(9(2)11-3)10-6-4-5-7-10/h8-10H,4-7H2,1-3H3. The zero-order valence-corrected chi connectivity index (χ0v) is 7.97. The molecular weight excluding hydrogens is 136 g/mol. The van der Waals surface area contributed by atoms with E-state index in [4.69, 9.17) is 4.74 Å². The Labute approximate surface area is 70.1 Å². The molecule has 11 heavy (non-hydrogen) atoms. The average molecular weight is 156 g/mol. The quantitative estimate of drug-likeness (QED) is 0.610. The molecule has 1 aliphatic carbocycles. The highest BCUT2D eigenvalue weighted by Gasteiger charge is 2.25. The van der Waals surface area contributed by atoms with Crippen LogP contribution in [0.3, 0.4) is 0 Å². The van der Waals surface area contributed by atoms with E-state index in [-0.39, 0.29) is 0 Å². The van der Waals surface area contributed by atoms with Crippen molar-refractivity contribution >= 4 is 0 Å². The van der Waals surface area contributed by atoms with Crippen molar-refractivity contribution in [2.75, 3.05) is 7.11 Å². The van der Waals surface area contributed by atoms with E-state index in [1.54, 1.807) is 0 Å². The van der Waals surface area contributed by atoms with Gasteiger partial charge in [-0.25, -0.2) is 0 Å². The molecule has 1 saturated carbocycles. The van der Waals surface area contributed by atoms with Gasteiger partial charge in [-0.05, 0) is 18.8 Å². The minimum absolute atomic E-state index is 0.443. The van der Waals surface area contributed by atoms with E-state index in [2.05, 4.69) is 13.8 Å². The van der Waals surface area contributed by atoms with Crippen molar-refractivity contribution in [3.05, 3.63) is 0 Å². The van der Waals surface area contributed by atoms with Crippen molar-refractivity contribution in [2.45, 2.75) is 45.6 Å². The van der Waals surface area contributed by atoms with Gasteiger partial charge in [0.1, 0.15) is 0 Å². The zero-order valence-electron chi connectivity index (χ0n) is 7.97. The second-order valence-electron chi connectivity index (χ2n) is 3.84. The average Bonchev–Trinajstić information content (AvgIpc) is 2.53. The van der Waals surface area contributed by atoms with Gasteiger partial charge in [-0.15, -0.1) is 0 Å². The molecule has 1 heteroatoms. The third-order valence-corrected chi connectivity index (χ3v) is 3.26. The normalized spacial score (nSPS) is 25.4. The first-order valence-electron chi connectivity index (χ1n) is 4.78. The molecule has 0 aromatic heterocycles. The van der Waals surface area contributed by atoms with Gasteiger partial charge in [-0.1, -0.05) is 32.6 Å². The van der Waals surface area contributed by atoms with Crippen LogP contribution in [0.15, 0.2) is 0 Å². The van der Waals surface area contributed by atoms with Crippen molar-refractivity contribution in [3.63, 3.8) is 0 Å². The first-order valence-corrected chi connectivity index (χ1v) is 4.78. The van der Waals surface area contributed by atoms with Crippen LogP contribution in [0.1, 0.15) is 39.5 Å². The van der Waals surface area contributed by atoms with Crippen LogP contribution in [-0.2, 0) is 4.74 Å². The maximum absolute atomic E-state index is 5.32. The van der Waals surface area contributed by atoms with Crippen molar-refractivity contribution < 1.29 is 4.74 Å². The largest absolute Gasteiger partial charge is 0.381 e. The summed E-state index contributed by atoms with van der Waals surface area (Å²) in [6.07, 6.45) is 6.17. The van der Waals surface area contributed by atoms with Gasteiger partial charge in [-0.2, -0.15) is 0 Å². The van der Waals surface area contributed by atoms with E-state index in [1.165, 1.54) is 25.7 Å². The molecule has 0 bridgehead atoms. The van der Waals surface area contributed by atoms with E-state index < -0.39 is 0 Å². The summed E-state index contributed by atoms with van der Waals surface area (Å²) in [6, 6.07) is 0. The van der Waals surface area contributed by atoms with Gasteiger partial charge in [0.05, 0.1) is 6.10 Å². The van der Waals surface area contributed by atoms with Crippen LogP contribution < -0.4 is 0 Å². The Morgan fingerprint density at radius 2 is 1.73 bits per heavy atom. The Hall–Kier alpha value is -0.0400. The summed E-state index contributed by atoms with van der Waals surface area (Å²) >= 11 is 0. The Morgan fingerprint density at radius 1 is 1.18 bits per heavy atom. The maximum Gasteiger partial charge on any atom is 0.0571 e. The monoisotopic (exact) mass is 156 g/mol. The van der Waals surface area contributed by atoms with Gasteiger partial charge in [0.15, 0.2) is 0 Å². The fraction of sp³-hybridized carbons (Fsp3) is 1.00. The molecule has 2 unspecified atom stereocenters. The highest BCUT2D eigenvalue weighted by molar-refractivity contribution is 4.75. The lowest BCUT2D eigenvalue weighted by atomic mass is 9.89. The third-order valence-electron chi connectivity index (χ3n) is 3.26. The molecule has 0 amide bonds. The summed E-state index contributed by atoms with van der Waals surface area (Å²) in [5.74, 6) is 1.69. The molecule has 0 spiro atoms. The number of methoxy groups -OCH3 is 1. The summed E-state index contributed by atoms with van der Waals surface area (Å²) in [7, 11) is 1.82. The first kappa shape index (κ1) is 9.05. The predicted molar refractivity (Wildman–Crippen MR) is 47.6 cm³/mol. The van der Waals surface area contributed by atoms with Crippen LogP contribution in [0.25, 0.3) is 0 Å². The van der Waals surface area contributed by atoms with Crippen molar-refractivity contribution in [3.8, 4) is 0 Å². The number of hydrogen-bond donors (Lipinski definition) is 0. The minimum Gasteiger partial charge on any atom is -0.381 e. The fourth-order valence-electron chi connectivity index (χ4n) is 2.08. The molecule has 2 atom stereocenters. The van der Waals surface area contributed by atoms with Crippen LogP contribution in [0.5, 0.6) is 0 Å². The molecule has 0 aliphatic heterocycles. The molecule has 1 nitrogen and oxygen atoms in total. The second-order valence-corrected chi connectivity index (χ2v) is 3.84. The summed E-state index contributed by atoms with van der Waals surface area (Å²) in [4.78, 5) is 0. The van der Waals surface area contributed by atoms with Crippen molar-refractivity contribution in [1.29, 1.82) is 0 Å². The SMILES string of the molecule is COC(C)C(C)C1CCCC1. The highest BCUT2D eigenvalue weighted by atomic mass is 16.5. The Morgan fingerprint density at radius 3 is 2.18 bits per heavy atom. The molecule has 0 aromatic rings. The lowest BCUT2D eigenvalue weighted by Crippen LogP contribution is -2.22. The maximum atomic E-state index is 5.32. The molecule has 0 saturated heterocycles. The molecule has 0 heterocycles. The van der Waals surface area contributed by atoms with E-state index in [1.807, 2.05) is 7.11 Å².